The van der Waals surface area contributed by atoms with Gasteiger partial charge in [-0.3, -0.25) is 4.79 Å². The molecule has 4 rings (SSSR count). The fourth-order valence-electron chi connectivity index (χ4n) is 3.78. The lowest BCUT2D eigenvalue weighted by molar-refractivity contribution is 0.0704. The Hall–Kier alpha value is -3.09. The van der Waals surface area contributed by atoms with E-state index in [0.717, 1.165) is 12.1 Å². The lowest BCUT2D eigenvalue weighted by Gasteiger charge is -2.30. The number of rotatable bonds is 3. The molecule has 7 heteroatoms. The normalized spacial score (nSPS) is 15.3. The van der Waals surface area contributed by atoms with Crippen molar-refractivity contribution < 1.29 is 18.1 Å². The van der Waals surface area contributed by atoms with Gasteiger partial charge >= 0.3 is 0 Å². The Morgan fingerprint density at radius 3 is 2.32 bits per heavy atom. The zero-order valence-corrected chi connectivity index (χ0v) is 17.9. The van der Waals surface area contributed by atoms with Gasteiger partial charge in [0.05, 0.1) is 0 Å². The molecule has 0 atom stereocenters. The average Bonchev–Trinajstić information content (AvgIpc) is 3.25. The zero-order valence-electron chi connectivity index (χ0n) is 17.9. The predicted molar refractivity (Wildman–Crippen MR) is 113 cm³/mol. The molecular weight excluding hydrogens is 400 g/mol. The average molecular weight is 425 g/mol. The number of piperidine rings is 1. The fourth-order valence-corrected chi connectivity index (χ4v) is 3.78. The first-order valence-corrected chi connectivity index (χ1v) is 10.4. The van der Waals surface area contributed by atoms with Crippen LogP contribution in [-0.2, 0) is 5.41 Å². The quantitative estimate of drug-likeness (QED) is 0.569. The van der Waals surface area contributed by atoms with Crippen LogP contribution in [0.2, 0.25) is 0 Å². The molecule has 31 heavy (non-hydrogen) atoms. The summed E-state index contributed by atoms with van der Waals surface area (Å²) in [4.78, 5) is 19.1. The largest absolute Gasteiger partial charge is 0.339 e. The molecule has 5 nitrogen and oxygen atoms in total. The summed E-state index contributed by atoms with van der Waals surface area (Å²) in [6, 6.07) is 11.3. The maximum Gasteiger partial charge on any atom is 0.253 e. The van der Waals surface area contributed by atoms with E-state index in [4.69, 9.17) is 4.52 Å². The number of amides is 1. The molecule has 2 aromatic carbocycles. The third-order valence-electron chi connectivity index (χ3n) is 5.75. The van der Waals surface area contributed by atoms with Crippen LogP contribution in [0, 0.1) is 11.6 Å². The van der Waals surface area contributed by atoms with Crippen molar-refractivity contribution in [3.63, 3.8) is 0 Å². The minimum Gasteiger partial charge on any atom is -0.339 e. The van der Waals surface area contributed by atoms with Gasteiger partial charge in [-0.05, 0) is 54.2 Å². The number of halogens is 2. The van der Waals surface area contributed by atoms with Gasteiger partial charge in [0, 0.05) is 30.1 Å². The molecule has 1 aliphatic heterocycles. The van der Waals surface area contributed by atoms with Crippen LogP contribution in [-0.4, -0.2) is 34.0 Å². The van der Waals surface area contributed by atoms with Crippen molar-refractivity contribution in [1.82, 2.24) is 15.0 Å². The van der Waals surface area contributed by atoms with E-state index < -0.39 is 11.6 Å². The number of hydrogen-bond acceptors (Lipinski definition) is 4. The zero-order chi connectivity index (χ0) is 22.2. The second-order valence-corrected chi connectivity index (χ2v) is 8.98. The maximum absolute atomic E-state index is 13.5. The highest BCUT2D eigenvalue weighted by atomic mass is 19.2. The van der Waals surface area contributed by atoms with E-state index in [9.17, 15) is 13.6 Å². The monoisotopic (exact) mass is 425 g/mol. The molecule has 1 aliphatic rings. The summed E-state index contributed by atoms with van der Waals surface area (Å²) < 4.78 is 32.0. The molecule has 0 aliphatic carbocycles. The van der Waals surface area contributed by atoms with Gasteiger partial charge in [0.1, 0.15) is 0 Å². The van der Waals surface area contributed by atoms with E-state index in [1.165, 1.54) is 11.6 Å². The topological polar surface area (TPSA) is 59.2 Å². The van der Waals surface area contributed by atoms with Crippen molar-refractivity contribution >= 4 is 5.91 Å². The predicted octanol–water partition coefficient (Wildman–Crippen LogP) is 5.33. The Morgan fingerprint density at radius 1 is 1.03 bits per heavy atom. The van der Waals surface area contributed by atoms with Crippen molar-refractivity contribution in [2.45, 2.75) is 44.9 Å². The number of benzene rings is 2. The molecule has 2 heterocycles. The van der Waals surface area contributed by atoms with Crippen LogP contribution in [0.25, 0.3) is 11.4 Å². The van der Waals surface area contributed by atoms with Crippen LogP contribution < -0.4 is 0 Å². The Bertz CT molecular complexity index is 1080. The molecule has 0 bridgehead atoms. The number of hydrogen-bond donors (Lipinski definition) is 0. The van der Waals surface area contributed by atoms with Crippen LogP contribution in [0.5, 0.6) is 0 Å². The van der Waals surface area contributed by atoms with Gasteiger partial charge in [-0.1, -0.05) is 38.1 Å². The van der Waals surface area contributed by atoms with Crippen LogP contribution in [0.15, 0.2) is 47.0 Å². The Morgan fingerprint density at radius 2 is 1.71 bits per heavy atom. The summed E-state index contributed by atoms with van der Waals surface area (Å²) in [7, 11) is 0. The van der Waals surface area contributed by atoms with E-state index in [1.54, 1.807) is 0 Å². The lowest BCUT2D eigenvalue weighted by Crippen LogP contribution is -2.38. The van der Waals surface area contributed by atoms with E-state index in [-0.39, 0.29) is 23.1 Å². The van der Waals surface area contributed by atoms with Gasteiger partial charge in [0.15, 0.2) is 11.6 Å². The maximum atomic E-state index is 13.5. The number of nitrogens with zero attached hydrogens (tertiary/aromatic N) is 3. The van der Waals surface area contributed by atoms with Crippen molar-refractivity contribution in [3.05, 3.63) is 71.1 Å². The van der Waals surface area contributed by atoms with Crippen LogP contribution in [0.4, 0.5) is 8.78 Å². The molecule has 0 N–H and O–H groups in total. The Kier molecular flexibility index (Phi) is 5.60. The van der Waals surface area contributed by atoms with Gasteiger partial charge in [0.25, 0.3) is 5.91 Å². The van der Waals surface area contributed by atoms with E-state index in [2.05, 4.69) is 30.9 Å². The van der Waals surface area contributed by atoms with E-state index >= 15 is 0 Å². The summed E-state index contributed by atoms with van der Waals surface area (Å²) in [5, 5.41) is 3.91. The summed E-state index contributed by atoms with van der Waals surface area (Å²) in [5.41, 5.74) is 2.28. The van der Waals surface area contributed by atoms with Crippen LogP contribution in [0.1, 0.15) is 61.3 Å². The fraction of sp³-hybridized carbons (Fsp3) is 0.375. The van der Waals surface area contributed by atoms with Gasteiger partial charge in [-0.15, -0.1) is 0 Å². The van der Waals surface area contributed by atoms with E-state index in [0.29, 0.717) is 42.9 Å². The Balaban J connectivity index is 1.39. The van der Waals surface area contributed by atoms with Crippen molar-refractivity contribution in [1.29, 1.82) is 0 Å². The smallest absolute Gasteiger partial charge is 0.253 e. The lowest BCUT2D eigenvalue weighted by atomic mass is 9.86. The first-order chi connectivity index (χ1) is 14.7. The molecule has 1 amide bonds. The van der Waals surface area contributed by atoms with Crippen molar-refractivity contribution in [2.75, 3.05) is 13.1 Å². The molecule has 3 aromatic rings. The molecule has 0 unspecified atom stereocenters. The summed E-state index contributed by atoms with van der Waals surface area (Å²) in [6.45, 7) is 7.61. The Labute approximate surface area is 180 Å². The third kappa shape index (κ3) is 4.50. The number of carbonyl (C=O) groups is 1. The first kappa shape index (κ1) is 21.2. The number of carbonyl (C=O) groups excluding carboxylic acids is 1. The highest BCUT2D eigenvalue weighted by Gasteiger charge is 2.28. The number of aromatic nitrogens is 2. The summed E-state index contributed by atoms with van der Waals surface area (Å²) in [6.07, 6.45) is 1.40. The minimum atomic E-state index is -0.953. The van der Waals surface area contributed by atoms with Crippen LogP contribution in [0.3, 0.4) is 0 Å². The van der Waals surface area contributed by atoms with Gasteiger partial charge in [0.2, 0.25) is 11.7 Å². The highest BCUT2D eigenvalue weighted by Crippen LogP contribution is 2.30. The number of likely N-dealkylation sites (tertiary alicyclic amines) is 1. The molecule has 0 spiro atoms. The SMILES string of the molecule is CC(C)(C)c1ccc(C(=O)N2CCC(c3nc(-c4ccc(F)c(F)c4)no3)CC2)cc1. The van der Waals surface area contributed by atoms with Crippen LogP contribution >= 0.6 is 0 Å². The van der Waals surface area contributed by atoms with Gasteiger partial charge < -0.3 is 9.42 Å². The molecular formula is C24H25F2N3O2. The van der Waals surface area contributed by atoms with Gasteiger partial charge in [-0.2, -0.15) is 4.98 Å². The van der Waals surface area contributed by atoms with Gasteiger partial charge in [-0.25, -0.2) is 8.78 Å². The molecule has 1 fully saturated rings. The van der Waals surface area contributed by atoms with E-state index in [1.807, 2.05) is 29.2 Å². The molecule has 0 saturated carbocycles. The molecule has 162 valence electrons. The third-order valence-corrected chi connectivity index (χ3v) is 5.75. The first-order valence-electron chi connectivity index (χ1n) is 10.4. The standard InChI is InChI=1S/C24H25F2N3O2/c1-24(2,3)18-7-4-16(5-8-18)23(30)29-12-10-15(11-13-29)22-27-21(28-31-22)17-6-9-19(25)20(26)14-17/h4-9,14-15H,10-13H2,1-3H3. The van der Waals surface area contributed by atoms with Crippen molar-refractivity contribution in [3.8, 4) is 11.4 Å². The summed E-state index contributed by atoms with van der Waals surface area (Å²) in [5.74, 6) is -1.14. The second-order valence-electron chi connectivity index (χ2n) is 8.98. The molecule has 1 saturated heterocycles. The second kappa shape index (κ2) is 8.21. The van der Waals surface area contributed by atoms with Crippen molar-refractivity contribution in [2.24, 2.45) is 0 Å². The highest BCUT2D eigenvalue weighted by molar-refractivity contribution is 5.94. The molecule has 1 aromatic heterocycles. The molecule has 0 radical (unpaired) electrons. The minimum absolute atomic E-state index is 0.0203. The summed E-state index contributed by atoms with van der Waals surface area (Å²) >= 11 is 0.